The van der Waals surface area contributed by atoms with E-state index in [1.54, 1.807) is 0 Å². The Labute approximate surface area is 145 Å². The lowest BCUT2D eigenvalue weighted by Gasteiger charge is -2.39. The number of allylic oxidation sites excluding steroid dienone is 2. The van der Waals surface area contributed by atoms with Gasteiger partial charge in [-0.3, -0.25) is 4.79 Å². The van der Waals surface area contributed by atoms with Gasteiger partial charge in [-0.05, 0) is 63.7 Å². The average molecular weight is 327 g/mol. The third kappa shape index (κ3) is 3.72. The summed E-state index contributed by atoms with van der Waals surface area (Å²) in [5, 5.41) is 10.1. The molecular formula is C21H29NO2. The van der Waals surface area contributed by atoms with Gasteiger partial charge in [-0.15, -0.1) is 0 Å². The lowest BCUT2D eigenvalue weighted by molar-refractivity contribution is -0.151. The fraction of sp³-hybridized carbons (Fsp3) is 0.571. The molecular weight excluding hydrogens is 298 g/mol. The molecule has 2 unspecified atom stereocenters. The quantitative estimate of drug-likeness (QED) is 0.784. The molecule has 2 aliphatic rings. The molecule has 0 aromatic heterocycles. The first kappa shape index (κ1) is 17.2. The molecule has 1 fully saturated rings. The summed E-state index contributed by atoms with van der Waals surface area (Å²) in [6, 6.07) is 10.2. The molecule has 1 aromatic carbocycles. The zero-order chi connectivity index (χ0) is 16.8. The van der Waals surface area contributed by atoms with Crippen LogP contribution < -0.4 is 0 Å². The van der Waals surface area contributed by atoms with Gasteiger partial charge in [0.1, 0.15) is 0 Å². The summed E-state index contributed by atoms with van der Waals surface area (Å²) < 4.78 is 0. The number of nitrogens with zero attached hydrogens (tertiary/aromatic N) is 1. The van der Waals surface area contributed by atoms with Crippen LogP contribution in [0, 0.1) is 5.41 Å². The molecule has 0 radical (unpaired) electrons. The Bertz CT molecular complexity index is 562. The minimum absolute atomic E-state index is 0.0857. The summed E-state index contributed by atoms with van der Waals surface area (Å²) in [5.41, 5.74) is 0.522. The summed E-state index contributed by atoms with van der Waals surface area (Å²) in [6.07, 6.45) is 11.4. The second-order valence-corrected chi connectivity index (χ2v) is 7.34. The molecule has 24 heavy (non-hydrogen) atoms. The van der Waals surface area contributed by atoms with Crippen LogP contribution in [0.25, 0.3) is 0 Å². The number of carboxylic acid groups (broad SMARTS) is 1. The standard InChI is InChI=1S/C21H29NO2/c23-20(24)21(14-9-17-22-15-7-2-8-16-22)13-6-5-12-19(21)18-10-3-1-4-11-18/h1,3-6,10-11,19H,2,7-9,12-17H2,(H,23,24). The van der Waals surface area contributed by atoms with Crippen LogP contribution >= 0.6 is 0 Å². The number of piperidine rings is 1. The predicted molar refractivity (Wildman–Crippen MR) is 97.2 cm³/mol. The van der Waals surface area contributed by atoms with E-state index in [2.05, 4.69) is 29.2 Å². The normalized spacial score (nSPS) is 27.9. The van der Waals surface area contributed by atoms with Crippen LogP contribution in [0.2, 0.25) is 0 Å². The first-order chi connectivity index (χ1) is 11.7. The Morgan fingerprint density at radius 2 is 1.88 bits per heavy atom. The number of rotatable bonds is 6. The summed E-state index contributed by atoms with van der Waals surface area (Å²) >= 11 is 0. The van der Waals surface area contributed by atoms with E-state index in [9.17, 15) is 9.90 Å². The minimum Gasteiger partial charge on any atom is -0.481 e. The van der Waals surface area contributed by atoms with Crippen molar-refractivity contribution in [2.24, 2.45) is 5.41 Å². The second kappa shape index (κ2) is 7.98. The topological polar surface area (TPSA) is 40.5 Å². The van der Waals surface area contributed by atoms with Crippen LogP contribution in [0.1, 0.15) is 56.4 Å². The van der Waals surface area contributed by atoms with Crippen molar-refractivity contribution in [3.63, 3.8) is 0 Å². The predicted octanol–water partition coefficient (Wildman–Crippen LogP) is 4.46. The minimum atomic E-state index is -0.647. The summed E-state index contributed by atoms with van der Waals surface area (Å²) in [6.45, 7) is 3.41. The second-order valence-electron chi connectivity index (χ2n) is 7.34. The lowest BCUT2D eigenvalue weighted by Crippen LogP contribution is -2.40. The van der Waals surface area contributed by atoms with Gasteiger partial charge in [-0.25, -0.2) is 0 Å². The van der Waals surface area contributed by atoms with Crippen LogP contribution in [0.5, 0.6) is 0 Å². The van der Waals surface area contributed by atoms with E-state index < -0.39 is 11.4 Å². The highest BCUT2D eigenvalue weighted by molar-refractivity contribution is 5.77. The molecule has 1 heterocycles. The van der Waals surface area contributed by atoms with Gasteiger partial charge in [0.25, 0.3) is 0 Å². The Morgan fingerprint density at radius 3 is 2.58 bits per heavy atom. The molecule has 0 spiro atoms. The van der Waals surface area contributed by atoms with Crippen molar-refractivity contribution in [2.75, 3.05) is 19.6 Å². The van der Waals surface area contributed by atoms with Gasteiger partial charge in [0.15, 0.2) is 0 Å². The van der Waals surface area contributed by atoms with Crippen molar-refractivity contribution in [1.29, 1.82) is 0 Å². The van der Waals surface area contributed by atoms with E-state index >= 15 is 0 Å². The molecule has 3 nitrogen and oxygen atoms in total. The highest BCUT2D eigenvalue weighted by Crippen LogP contribution is 2.48. The maximum absolute atomic E-state index is 12.3. The average Bonchev–Trinajstić information content (AvgIpc) is 2.63. The molecule has 1 aliphatic heterocycles. The van der Waals surface area contributed by atoms with Crippen molar-refractivity contribution in [2.45, 2.75) is 50.9 Å². The van der Waals surface area contributed by atoms with Crippen LogP contribution in [-0.2, 0) is 4.79 Å². The highest BCUT2D eigenvalue weighted by atomic mass is 16.4. The molecule has 1 aromatic rings. The first-order valence-electron chi connectivity index (χ1n) is 9.38. The van der Waals surface area contributed by atoms with Crippen molar-refractivity contribution in [1.82, 2.24) is 4.90 Å². The van der Waals surface area contributed by atoms with E-state index in [1.165, 1.54) is 37.9 Å². The van der Waals surface area contributed by atoms with Crippen LogP contribution in [0.3, 0.4) is 0 Å². The van der Waals surface area contributed by atoms with Gasteiger partial charge < -0.3 is 10.0 Å². The number of carbonyl (C=O) groups is 1. The number of likely N-dealkylation sites (tertiary alicyclic amines) is 1. The molecule has 130 valence electrons. The maximum Gasteiger partial charge on any atom is 0.310 e. The van der Waals surface area contributed by atoms with Crippen LogP contribution in [-0.4, -0.2) is 35.6 Å². The number of carboxylic acids is 1. The van der Waals surface area contributed by atoms with Gasteiger partial charge in [0.05, 0.1) is 5.41 Å². The summed E-state index contributed by atoms with van der Waals surface area (Å²) in [4.78, 5) is 14.8. The molecule has 3 heteroatoms. The smallest absolute Gasteiger partial charge is 0.310 e. The number of hydrogen-bond acceptors (Lipinski definition) is 2. The van der Waals surface area contributed by atoms with Crippen molar-refractivity contribution in [3.05, 3.63) is 48.0 Å². The van der Waals surface area contributed by atoms with Crippen molar-refractivity contribution >= 4 is 5.97 Å². The maximum atomic E-state index is 12.3. The summed E-state index contributed by atoms with van der Waals surface area (Å²) in [7, 11) is 0. The molecule has 3 rings (SSSR count). The van der Waals surface area contributed by atoms with Gasteiger partial charge in [-0.2, -0.15) is 0 Å². The van der Waals surface area contributed by atoms with Crippen molar-refractivity contribution < 1.29 is 9.90 Å². The van der Waals surface area contributed by atoms with Gasteiger partial charge >= 0.3 is 5.97 Å². The lowest BCUT2D eigenvalue weighted by atomic mass is 9.63. The largest absolute Gasteiger partial charge is 0.481 e. The summed E-state index contributed by atoms with van der Waals surface area (Å²) in [5.74, 6) is -0.540. The number of benzene rings is 1. The highest BCUT2D eigenvalue weighted by Gasteiger charge is 2.46. The molecule has 1 N–H and O–H groups in total. The monoisotopic (exact) mass is 327 g/mol. The molecule has 0 bridgehead atoms. The fourth-order valence-corrected chi connectivity index (χ4v) is 4.45. The zero-order valence-electron chi connectivity index (χ0n) is 14.5. The van der Waals surface area contributed by atoms with Crippen LogP contribution in [0.4, 0.5) is 0 Å². The SMILES string of the molecule is O=C(O)C1(CCCN2CCCCC2)CC=CCC1c1ccccc1. The van der Waals surface area contributed by atoms with Crippen LogP contribution in [0.15, 0.2) is 42.5 Å². The Morgan fingerprint density at radius 1 is 1.12 bits per heavy atom. The van der Waals surface area contributed by atoms with E-state index in [0.29, 0.717) is 6.42 Å². The Balaban J connectivity index is 1.72. The van der Waals surface area contributed by atoms with E-state index in [1.807, 2.05) is 18.2 Å². The third-order valence-corrected chi connectivity index (χ3v) is 5.86. The van der Waals surface area contributed by atoms with E-state index in [-0.39, 0.29) is 5.92 Å². The third-order valence-electron chi connectivity index (χ3n) is 5.86. The molecule has 0 amide bonds. The van der Waals surface area contributed by atoms with Crippen molar-refractivity contribution in [3.8, 4) is 0 Å². The fourth-order valence-electron chi connectivity index (χ4n) is 4.45. The van der Waals surface area contributed by atoms with Gasteiger partial charge in [-0.1, -0.05) is 48.9 Å². The molecule has 2 atom stereocenters. The van der Waals surface area contributed by atoms with Gasteiger partial charge in [0, 0.05) is 5.92 Å². The Kier molecular flexibility index (Phi) is 5.72. The zero-order valence-corrected chi connectivity index (χ0v) is 14.5. The first-order valence-corrected chi connectivity index (χ1v) is 9.38. The molecule has 0 saturated carbocycles. The number of hydrogen-bond donors (Lipinski definition) is 1. The van der Waals surface area contributed by atoms with E-state index in [0.717, 1.165) is 25.8 Å². The Hall–Kier alpha value is -1.61. The number of aliphatic carboxylic acids is 1. The van der Waals surface area contributed by atoms with Gasteiger partial charge in [0.2, 0.25) is 0 Å². The molecule has 1 saturated heterocycles. The molecule has 1 aliphatic carbocycles. The van der Waals surface area contributed by atoms with E-state index in [4.69, 9.17) is 0 Å².